The van der Waals surface area contributed by atoms with Gasteiger partial charge in [0.25, 0.3) is 0 Å². The predicted molar refractivity (Wildman–Crippen MR) is 125 cm³/mol. The molecule has 1 fully saturated rings. The Morgan fingerprint density at radius 1 is 1.03 bits per heavy atom. The third kappa shape index (κ3) is 14.4. The van der Waals surface area contributed by atoms with Crippen molar-refractivity contribution >= 4 is 35.6 Å². The lowest BCUT2D eigenvalue weighted by Crippen LogP contribution is -2.60. The summed E-state index contributed by atoms with van der Waals surface area (Å²) in [6, 6.07) is 0.594. The van der Waals surface area contributed by atoms with E-state index in [9.17, 15) is 0 Å². The molecule has 1 heterocycles. The molecule has 1 aliphatic rings. The van der Waals surface area contributed by atoms with E-state index in [1.807, 2.05) is 18.8 Å². The van der Waals surface area contributed by atoms with Gasteiger partial charge in [-0.3, -0.25) is 0 Å². The predicted octanol–water partition coefficient (Wildman–Crippen LogP) is -0.0220. The Morgan fingerprint density at radius 2 is 1.58 bits per heavy atom. The highest BCUT2D eigenvalue weighted by Crippen LogP contribution is 2.26. The molecule has 0 aromatic rings. The zero-order valence-corrected chi connectivity index (χ0v) is 23.6. The Kier molecular flexibility index (Phi) is 20.5. The molecular formula is C16H40O11Si4. The van der Waals surface area contributed by atoms with Gasteiger partial charge in [-0.15, -0.1) is 6.58 Å². The molecule has 15 heteroatoms. The minimum Gasteiger partial charge on any atom is -0.529 e. The van der Waals surface area contributed by atoms with E-state index in [1.165, 1.54) is 7.11 Å². The van der Waals surface area contributed by atoms with Crippen LogP contribution in [0.15, 0.2) is 24.6 Å². The summed E-state index contributed by atoms with van der Waals surface area (Å²) < 4.78 is 53.4. The molecule has 4 N–H and O–H groups in total. The van der Waals surface area contributed by atoms with Crippen LogP contribution in [0.5, 0.6) is 0 Å². The van der Waals surface area contributed by atoms with E-state index in [-0.39, 0.29) is 17.1 Å². The second kappa shape index (κ2) is 18.1. The lowest BCUT2D eigenvalue weighted by Gasteiger charge is -2.38. The van der Waals surface area contributed by atoms with Crippen molar-refractivity contribution < 1.29 is 50.8 Å². The highest BCUT2D eigenvalue weighted by atomic mass is 28.5. The van der Waals surface area contributed by atoms with Gasteiger partial charge in [-0.05, 0) is 25.2 Å². The molecule has 1 rings (SSSR count). The van der Waals surface area contributed by atoms with E-state index in [1.54, 1.807) is 27.0 Å². The standard InChI is InChI=1S/C15H32O7Si3.CH4O2Si.2H2O/c1-8-23(6,7)21-24(9-2,16-3)22-25(17-4,18-5)12-10-11-19-13-15-14-20-15;1-3-4-2;;/h8-9,15H,1-2,10-14H2,3-7H3;4H,1H3;2*1H2. The van der Waals surface area contributed by atoms with Gasteiger partial charge in [0.05, 0.1) is 20.3 Å². The minimum atomic E-state index is -3.15. The van der Waals surface area contributed by atoms with Crippen LogP contribution in [0.25, 0.3) is 0 Å². The summed E-state index contributed by atoms with van der Waals surface area (Å²) >= 11 is 0. The normalized spacial score (nSPS) is 16.9. The molecule has 2 atom stereocenters. The number of hydrogen-bond donors (Lipinski definition) is 0. The van der Waals surface area contributed by atoms with Crippen molar-refractivity contribution in [3.8, 4) is 0 Å². The van der Waals surface area contributed by atoms with Crippen molar-refractivity contribution in [2.75, 3.05) is 48.3 Å². The fourth-order valence-corrected chi connectivity index (χ4v) is 11.4. The molecule has 1 aliphatic heterocycles. The highest BCUT2D eigenvalue weighted by molar-refractivity contribution is 6.88. The van der Waals surface area contributed by atoms with Crippen LogP contribution in [0.2, 0.25) is 19.1 Å². The molecule has 11 nitrogen and oxygen atoms in total. The first kappa shape index (κ1) is 35.2. The van der Waals surface area contributed by atoms with Crippen LogP contribution < -0.4 is 0 Å². The van der Waals surface area contributed by atoms with Crippen molar-refractivity contribution in [3.05, 3.63) is 24.6 Å². The zero-order chi connectivity index (χ0) is 22.4. The first-order valence-electron chi connectivity index (χ1n) is 9.20. The molecule has 186 valence electrons. The average Bonchev–Trinajstić information content (AvgIpc) is 3.56. The Morgan fingerprint density at radius 3 is 1.94 bits per heavy atom. The van der Waals surface area contributed by atoms with Gasteiger partial charge in [-0.25, -0.2) is 0 Å². The van der Waals surface area contributed by atoms with Crippen LogP contribution in [0.1, 0.15) is 6.42 Å². The Balaban J connectivity index is -0.00000120. The second-order valence-electron chi connectivity index (χ2n) is 6.58. The van der Waals surface area contributed by atoms with Crippen molar-refractivity contribution in [1.82, 2.24) is 0 Å². The van der Waals surface area contributed by atoms with Crippen LogP contribution in [0, 0.1) is 0 Å². The molecule has 0 aromatic carbocycles. The lowest BCUT2D eigenvalue weighted by molar-refractivity contribution is 0.0960. The zero-order valence-electron chi connectivity index (χ0n) is 19.4. The third-order valence-electron chi connectivity index (χ3n) is 3.93. The van der Waals surface area contributed by atoms with Gasteiger partial charge in [-0.2, -0.15) is 0 Å². The summed E-state index contributed by atoms with van der Waals surface area (Å²) in [6.45, 7) is 13.8. The molecule has 0 bridgehead atoms. The van der Waals surface area contributed by atoms with Gasteiger partial charge in [0.2, 0.25) is 8.32 Å². The Labute approximate surface area is 191 Å². The van der Waals surface area contributed by atoms with Gasteiger partial charge in [0, 0.05) is 34.0 Å². The molecule has 0 spiro atoms. The van der Waals surface area contributed by atoms with Crippen molar-refractivity contribution in [2.24, 2.45) is 0 Å². The van der Waals surface area contributed by atoms with E-state index < -0.39 is 35.6 Å². The van der Waals surface area contributed by atoms with Crippen molar-refractivity contribution in [3.63, 3.8) is 0 Å². The monoisotopic (exact) mass is 520 g/mol. The van der Waals surface area contributed by atoms with Gasteiger partial charge in [0.1, 0.15) is 6.10 Å². The first-order valence-corrected chi connectivity index (χ1v) is 16.9. The topological polar surface area (TPSA) is 157 Å². The van der Waals surface area contributed by atoms with Crippen molar-refractivity contribution in [2.45, 2.75) is 31.7 Å². The maximum atomic E-state index is 9.16. The lowest BCUT2D eigenvalue weighted by atomic mass is 10.5. The minimum absolute atomic E-state index is 0. The summed E-state index contributed by atoms with van der Waals surface area (Å²) in [5, 5.41) is 0. The molecule has 0 aromatic heterocycles. The molecular weight excluding hydrogens is 481 g/mol. The highest BCUT2D eigenvalue weighted by Gasteiger charge is 2.52. The first-order chi connectivity index (χ1) is 13.7. The van der Waals surface area contributed by atoms with Gasteiger partial charge < -0.3 is 50.8 Å². The number of epoxide rings is 1. The number of hydrogen-bond acceptors (Lipinski definition) is 9. The van der Waals surface area contributed by atoms with Crippen LogP contribution in [0.3, 0.4) is 0 Å². The van der Waals surface area contributed by atoms with E-state index in [4.69, 9.17) is 35.4 Å². The molecule has 0 saturated carbocycles. The Bertz CT molecular complexity index is 490. The van der Waals surface area contributed by atoms with Gasteiger partial charge in [0.15, 0.2) is 0 Å². The maximum absolute atomic E-state index is 9.16. The van der Waals surface area contributed by atoms with Crippen LogP contribution in [0.4, 0.5) is 0 Å². The molecule has 0 radical (unpaired) electrons. The second-order valence-corrected chi connectivity index (χ2v) is 17.2. The summed E-state index contributed by atoms with van der Waals surface area (Å²) in [6.07, 6.45) is 1.01. The van der Waals surface area contributed by atoms with E-state index in [0.717, 1.165) is 13.0 Å². The number of rotatable bonds is 16. The largest absolute Gasteiger partial charge is 0.529 e. The SMILES string of the molecule is C=C[Si](C)(C)O[Si](C=C)(OC)O[Si](CCCOCC1CO1)(OC)OC.CO[SiH]=O.O.O. The van der Waals surface area contributed by atoms with Crippen LogP contribution >= 0.6 is 0 Å². The summed E-state index contributed by atoms with van der Waals surface area (Å²) in [5.74, 6) is 0. The van der Waals surface area contributed by atoms with Gasteiger partial charge >= 0.3 is 27.3 Å². The molecule has 1 saturated heterocycles. The molecule has 2 unspecified atom stereocenters. The van der Waals surface area contributed by atoms with E-state index >= 15 is 0 Å². The average molecular weight is 521 g/mol. The smallest absolute Gasteiger partial charge is 0.511 e. The Hall–Kier alpha value is -0.412. The fourth-order valence-electron chi connectivity index (χ4n) is 2.09. The summed E-state index contributed by atoms with van der Waals surface area (Å²) in [4.78, 5) is 0. The van der Waals surface area contributed by atoms with E-state index in [0.29, 0.717) is 19.3 Å². The maximum Gasteiger partial charge on any atom is 0.511 e. The third-order valence-corrected chi connectivity index (χ3v) is 14.0. The summed E-state index contributed by atoms with van der Waals surface area (Å²) in [5.41, 5.74) is 3.45. The number of ether oxygens (including phenoxy) is 2. The fraction of sp³-hybridized carbons (Fsp3) is 0.750. The molecule has 0 aliphatic carbocycles. The van der Waals surface area contributed by atoms with Gasteiger partial charge in [-0.1, -0.05) is 12.3 Å². The quantitative estimate of drug-likeness (QED) is 0.155. The van der Waals surface area contributed by atoms with Crippen LogP contribution in [-0.4, -0.2) is 101 Å². The van der Waals surface area contributed by atoms with E-state index in [2.05, 4.69) is 17.6 Å². The summed E-state index contributed by atoms with van der Waals surface area (Å²) in [7, 11) is -3.11. The van der Waals surface area contributed by atoms with Crippen molar-refractivity contribution in [1.29, 1.82) is 0 Å². The molecule has 0 amide bonds. The van der Waals surface area contributed by atoms with Crippen LogP contribution in [-0.2, 0) is 39.9 Å². The molecule has 31 heavy (non-hydrogen) atoms.